The Hall–Kier alpha value is 0.340. The number of hydrogen-bond acceptors (Lipinski definition) is 3. The van der Waals surface area contributed by atoms with Gasteiger partial charge in [0.05, 0.1) is 6.61 Å². The lowest BCUT2D eigenvalue weighted by Gasteiger charge is -1.94. The van der Waals surface area contributed by atoms with Crippen LogP contribution in [-0.2, 0) is 13.9 Å². The van der Waals surface area contributed by atoms with Gasteiger partial charge in [0.15, 0.2) is 0 Å². The fraction of sp³-hybridized carbons (Fsp3) is 1.00. The van der Waals surface area contributed by atoms with Gasteiger partial charge in [0.1, 0.15) is 0 Å². The maximum atomic E-state index is 10.6. The molecule has 0 spiro atoms. The van der Waals surface area contributed by atoms with E-state index in [9.17, 15) is 8.42 Å². The van der Waals surface area contributed by atoms with Gasteiger partial charge in [0.25, 0.3) is 9.74 Å². The monoisotopic (exact) mass is 154 g/mol. The van der Waals surface area contributed by atoms with E-state index in [1.807, 2.05) is 0 Å². The molecule has 1 aliphatic rings. The van der Waals surface area contributed by atoms with Crippen LogP contribution in [0, 0.1) is 0 Å². The molecule has 1 fully saturated rings. The summed E-state index contributed by atoms with van der Waals surface area (Å²) in [5.41, 5.74) is 0. The van der Waals surface area contributed by atoms with Gasteiger partial charge in [0, 0.05) is 13.3 Å². The minimum absolute atomic E-state index is 0.393. The van der Waals surface area contributed by atoms with E-state index >= 15 is 0 Å². The molecule has 3 nitrogen and oxygen atoms in total. The Morgan fingerprint density at radius 1 is 1.62 bits per heavy atom. The van der Waals surface area contributed by atoms with Gasteiger partial charge in [0.2, 0.25) is 0 Å². The molecule has 8 heavy (non-hydrogen) atoms. The highest BCUT2D eigenvalue weighted by Gasteiger charge is 2.27. The van der Waals surface area contributed by atoms with Crippen molar-refractivity contribution >= 4 is 16.9 Å². The second-order valence-electron chi connectivity index (χ2n) is 1.60. The van der Waals surface area contributed by atoms with Gasteiger partial charge >= 0.3 is 0 Å². The van der Waals surface area contributed by atoms with Crippen LogP contribution in [0.15, 0.2) is 0 Å². The smallest absolute Gasteiger partial charge is 0.267 e. The first-order chi connectivity index (χ1) is 3.63. The molecule has 1 unspecified atom stereocenters. The highest BCUT2D eigenvalue weighted by atomic mass is 32.8. The Balaban J connectivity index is 2.85. The van der Waals surface area contributed by atoms with Crippen LogP contribution in [-0.4, -0.2) is 27.9 Å². The molecular formula is C3H7O3PS. The molecule has 0 aromatic rings. The quantitative estimate of drug-likeness (QED) is 0.473. The third-order valence-electron chi connectivity index (χ3n) is 1.02. The highest BCUT2D eigenvalue weighted by molar-refractivity contribution is 8.48. The van der Waals surface area contributed by atoms with Crippen molar-refractivity contribution in [3.05, 3.63) is 0 Å². The van der Waals surface area contributed by atoms with E-state index in [1.54, 1.807) is 6.66 Å². The second-order valence-corrected chi connectivity index (χ2v) is 7.61. The van der Waals surface area contributed by atoms with E-state index < -0.39 is 16.9 Å². The number of rotatable bonds is 0. The summed E-state index contributed by atoms with van der Waals surface area (Å²) in [7, 11) is -3.92. The molecule has 0 N–H and O–H groups in total. The van der Waals surface area contributed by atoms with Crippen molar-refractivity contribution in [3.63, 3.8) is 0 Å². The van der Waals surface area contributed by atoms with E-state index in [1.165, 1.54) is 0 Å². The summed E-state index contributed by atoms with van der Waals surface area (Å²) < 4.78 is 25.6. The summed E-state index contributed by atoms with van der Waals surface area (Å²) in [6.07, 6.45) is 0.706. The van der Waals surface area contributed by atoms with Crippen molar-refractivity contribution < 1.29 is 12.6 Å². The first-order valence-electron chi connectivity index (χ1n) is 2.23. The highest BCUT2D eigenvalue weighted by Crippen LogP contribution is 2.44. The molecule has 0 radical (unpaired) electrons. The van der Waals surface area contributed by atoms with Crippen molar-refractivity contribution in [1.29, 1.82) is 0 Å². The van der Waals surface area contributed by atoms with Crippen LogP contribution in [0.2, 0.25) is 0 Å². The van der Waals surface area contributed by atoms with Crippen molar-refractivity contribution in [2.45, 2.75) is 0 Å². The molecule has 0 aliphatic carbocycles. The summed E-state index contributed by atoms with van der Waals surface area (Å²) in [5.74, 6) is 0. The van der Waals surface area contributed by atoms with E-state index in [0.717, 1.165) is 0 Å². The molecule has 1 atom stereocenters. The van der Waals surface area contributed by atoms with Crippen molar-refractivity contribution in [2.75, 3.05) is 19.4 Å². The fourth-order valence-electron chi connectivity index (χ4n) is 0.473. The predicted octanol–water partition coefficient (Wildman–Crippen LogP) is 0.373. The molecule has 5 heteroatoms. The van der Waals surface area contributed by atoms with Crippen LogP contribution in [0.5, 0.6) is 0 Å². The standard InChI is InChI=1S/C3H7O3PS/c1-7-3-2-6-8(7,4)5/h2-3H2,1H3. The maximum Gasteiger partial charge on any atom is 0.283 e. The summed E-state index contributed by atoms with van der Waals surface area (Å²) in [4.78, 5) is 0. The zero-order valence-electron chi connectivity index (χ0n) is 4.49. The second kappa shape index (κ2) is 1.94. The van der Waals surface area contributed by atoms with E-state index in [4.69, 9.17) is 0 Å². The van der Waals surface area contributed by atoms with Gasteiger partial charge < -0.3 is 0 Å². The third-order valence-corrected chi connectivity index (χ3v) is 6.21. The first kappa shape index (κ1) is 6.46. The molecular weight excluding hydrogens is 147 g/mol. The summed E-state index contributed by atoms with van der Waals surface area (Å²) in [5, 5.41) is 0. The SMILES string of the molecule is CP1CCOS1(=O)=O. The van der Waals surface area contributed by atoms with Crippen LogP contribution < -0.4 is 0 Å². The van der Waals surface area contributed by atoms with E-state index in [2.05, 4.69) is 4.18 Å². The summed E-state index contributed by atoms with van der Waals surface area (Å²) in [6.45, 7) is 2.11. The molecule has 0 aromatic heterocycles. The Labute approximate surface area is 49.7 Å². The minimum Gasteiger partial charge on any atom is -0.267 e. The number of hydrogen-bond donors (Lipinski definition) is 0. The predicted molar refractivity (Wildman–Crippen MR) is 32.6 cm³/mol. The van der Waals surface area contributed by atoms with Gasteiger partial charge in [-0.3, -0.25) is 4.18 Å². The summed E-state index contributed by atoms with van der Waals surface area (Å²) in [6, 6.07) is 0. The van der Waals surface area contributed by atoms with E-state index in [-0.39, 0.29) is 0 Å². The molecule has 1 saturated heterocycles. The van der Waals surface area contributed by atoms with Gasteiger partial charge in [-0.2, -0.15) is 8.42 Å². The van der Waals surface area contributed by atoms with Crippen LogP contribution >= 0.6 is 7.12 Å². The maximum absolute atomic E-state index is 10.6. The fourth-order valence-corrected chi connectivity index (χ4v) is 3.30. The molecule has 0 saturated carbocycles. The normalized spacial score (nSPS) is 35.4. The topological polar surface area (TPSA) is 43.4 Å². The average molecular weight is 154 g/mol. The van der Waals surface area contributed by atoms with Crippen molar-refractivity contribution in [3.8, 4) is 0 Å². The zero-order chi connectivity index (χ0) is 6.20. The Kier molecular flexibility index (Phi) is 1.56. The Morgan fingerprint density at radius 2 is 2.25 bits per heavy atom. The van der Waals surface area contributed by atoms with Gasteiger partial charge in [-0.15, -0.1) is 0 Å². The molecule has 0 bridgehead atoms. The van der Waals surface area contributed by atoms with Gasteiger partial charge in [-0.25, -0.2) is 0 Å². The van der Waals surface area contributed by atoms with Crippen LogP contribution in [0.4, 0.5) is 0 Å². The third kappa shape index (κ3) is 1.02. The minimum atomic E-state index is -3.06. The largest absolute Gasteiger partial charge is 0.283 e. The van der Waals surface area contributed by atoms with Gasteiger partial charge in [-0.1, -0.05) is 0 Å². The zero-order valence-corrected chi connectivity index (χ0v) is 6.21. The molecule has 48 valence electrons. The van der Waals surface area contributed by atoms with Crippen LogP contribution in [0.1, 0.15) is 0 Å². The molecule has 1 heterocycles. The Bertz CT molecular complexity index is 173. The lowest BCUT2D eigenvalue weighted by Crippen LogP contribution is -1.90. The first-order valence-corrected chi connectivity index (χ1v) is 6.22. The van der Waals surface area contributed by atoms with Gasteiger partial charge in [-0.05, 0) is 6.66 Å². The van der Waals surface area contributed by atoms with Crippen molar-refractivity contribution in [2.24, 2.45) is 0 Å². The lowest BCUT2D eigenvalue weighted by molar-refractivity contribution is 0.362. The molecule has 1 aliphatic heterocycles. The van der Waals surface area contributed by atoms with Crippen LogP contribution in [0.25, 0.3) is 0 Å². The molecule has 1 rings (SSSR count). The van der Waals surface area contributed by atoms with Crippen LogP contribution in [0.3, 0.4) is 0 Å². The molecule has 0 amide bonds. The Morgan fingerprint density at radius 3 is 2.38 bits per heavy atom. The average Bonchev–Trinajstić information content (AvgIpc) is 1.86. The summed E-state index contributed by atoms with van der Waals surface area (Å²) >= 11 is 0. The van der Waals surface area contributed by atoms with Crippen molar-refractivity contribution in [1.82, 2.24) is 0 Å². The van der Waals surface area contributed by atoms with E-state index in [0.29, 0.717) is 12.8 Å². The lowest BCUT2D eigenvalue weighted by atomic mass is 10.9. The molecule has 0 aromatic carbocycles.